The summed E-state index contributed by atoms with van der Waals surface area (Å²) in [6, 6.07) is 7.96. The summed E-state index contributed by atoms with van der Waals surface area (Å²) in [5, 5.41) is 0. The van der Waals surface area contributed by atoms with E-state index in [9.17, 15) is 0 Å². The van der Waals surface area contributed by atoms with Crippen LogP contribution in [0.1, 0.15) is 11.1 Å². The lowest BCUT2D eigenvalue weighted by Crippen LogP contribution is -2.04. The van der Waals surface area contributed by atoms with Crippen LogP contribution >= 0.6 is 0 Å². The largest absolute Gasteiger partial charge is 0.482 e. The number of hydrogen-bond donors (Lipinski definition) is 0. The molecule has 0 aromatic heterocycles. The van der Waals surface area contributed by atoms with Crippen molar-refractivity contribution in [3.05, 3.63) is 35.4 Å². The van der Waals surface area contributed by atoms with Crippen LogP contribution < -0.4 is 0 Å². The van der Waals surface area contributed by atoms with Crippen LogP contribution in [0.3, 0.4) is 0 Å². The third-order valence-corrected chi connectivity index (χ3v) is 3.52. The molecule has 0 N–H and O–H groups in total. The summed E-state index contributed by atoms with van der Waals surface area (Å²) >= 11 is 0. The number of hydrogen-bond acceptors (Lipinski definition) is 8. The van der Waals surface area contributed by atoms with Crippen LogP contribution in [0, 0.1) is 0 Å². The fourth-order valence-corrected chi connectivity index (χ4v) is 2.30. The molecule has 8 nitrogen and oxygen atoms in total. The summed E-state index contributed by atoms with van der Waals surface area (Å²) in [6.07, 6.45) is 2.97. The molecule has 0 bridgehead atoms. The molecule has 4 aliphatic rings. The van der Waals surface area contributed by atoms with Gasteiger partial charge in [-0.15, -0.1) is 0 Å². The molecule has 0 fully saturated rings. The van der Waals surface area contributed by atoms with Crippen molar-refractivity contribution in [2.24, 2.45) is 20.0 Å². The number of nitrogens with zero attached hydrogens (tertiary/aromatic N) is 4. The normalized spacial score (nSPS) is 18.9. The maximum atomic E-state index is 5.39. The molecule has 26 heavy (non-hydrogen) atoms. The Labute approximate surface area is 152 Å². The van der Waals surface area contributed by atoms with E-state index in [1.807, 2.05) is 24.3 Å². The molecule has 8 heteroatoms. The molecule has 0 unspecified atom stereocenters. The molecule has 0 atom stereocenters. The minimum Gasteiger partial charge on any atom is -0.482 e. The molecular formula is C18H22N4O4. The van der Waals surface area contributed by atoms with Crippen molar-refractivity contribution in [2.75, 3.05) is 52.6 Å². The van der Waals surface area contributed by atoms with Crippen molar-refractivity contribution in [1.82, 2.24) is 0 Å². The molecule has 5 rings (SSSR count). The number of aliphatic imine (C=N–C) groups is 4. The quantitative estimate of drug-likeness (QED) is 0.798. The summed E-state index contributed by atoms with van der Waals surface area (Å²) in [7, 11) is 0. The molecule has 1 aromatic carbocycles. The van der Waals surface area contributed by atoms with Crippen LogP contribution in [0.25, 0.3) is 0 Å². The highest BCUT2D eigenvalue weighted by Gasteiger charge is 2.13. The minimum atomic E-state index is 0.687. The van der Waals surface area contributed by atoms with Gasteiger partial charge in [-0.3, -0.25) is 9.98 Å². The van der Waals surface area contributed by atoms with Gasteiger partial charge in [0.05, 0.1) is 26.2 Å². The Hall–Kier alpha value is -2.90. The van der Waals surface area contributed by atoms with Gasteiger partial charge in [0.25, 0.3) is 0 Å². The van der Waals surface area contributed by atoms with Crippen molar-refractivity contribution >= 4 is 24.6 Å². The molecule has 0 aliphatic carbocycles. The van der Waals surface area contributed by atoms with Crippen molar-refractivity contribution in [1.29, 1.82) is 0 Å². The second-order valence-corrected chi connectivity index (χ2v) is 5.41. The first-order chi connectivity index (χ1) is 12.9. The third kappa shape index (κ3) is 5.58. The Morgan fingerprint density at radius 2 is 1.04 bits per heavy atom. The zero-order chi connectivity index (χ0) is 17.9. The van der Waals surface area contributed by atoms with E-state index in [4.69, 9.17) is 9.47 Å². The summed E-state index contributed by atoms with van der Waals surface area (Å²) in [4.78, 5) is 16.0. The fourth-order valence-electron chi connectivity index (χ4n) is 2.30. The van der Waals surface area contributed by atoms with Gasteiger partial charge in [0.15, 0.2) is 12.8 Å². The number of ether oxygens (including phenoxy) is 4. The molecule has 4 aliphatic heterocycles. The van der Waals surface area contributed by atoms with Crippen molar-refractivity contribution in [2.45, 2.75) is 0 Å². The molecule has 4 heterocycles. The van der Waals surface area contributed by atoms with Gasteiger partial charge in [-0.25, -0.2) is 9.98 Å². The van der Waals surface area contributed by atoms with Crippen LogP contribution in [0.4, 0.5) is 0 Å². The topological polar surface area (TPSA) is 86.4 Å². The fraction of sp³-hybridized carbons (Fsp3) is 0.444. The Bertz CT molecular complexity index is 612. The smallest absolute Gasteiger partial charge is 0.216 e. The van der Waals surface area contributed by atoms with Crippen LogP contribution in [0.2, 0.25) is 0 Å². The lowest BCUT2D eigenvalue weighted by atomic mass is 10.1. The molecule has 0 radical (unpaired) electrons. The van der Waals surface area contributed by atoms with Gasteiger partial charge < -0.3 is 18.9 Å². The molecule has 0 spiro atoms. The molecule has 0 saturated heterocycles. The highest BCUT2D eigenvalue weighted by Crippen LogP contribution is 2.12. The van der Waals surface area contributed by atoms with Crippen LogP contribution in [-0.2, 0) is 18.9 Å². The third-order valence-electron chi connectivity index (χ3n) is 3.52. The van der Waals surface area contributed by atoms with Gasteiger partial charge in [-0.05, 0) is 24.3 Å². The lowest BCUT2D eigenvalue weighted by molar-refractivity contribution is 0.347. The van der Waals surface area contributed by atoms with E-state index >= 15 is 0 Å². The van der Waals surface area contributed by atoms with E-state index in [0.717, 1.165) is 62.3 Å². The Kier molecular flexibility index (Phi) is 7.01. The highest BCUT2D eigenvalue weighted by atomic mass is 16.5. The highest BCUT2D eigenvalue weighted by molar-refractivity contribution is 5.98. The predicted molar refractivity (Wildman–Crippen MR) is 99.8 cm³/mol. The van der Waals surface area contributed by atoms with Gasteiger partial charge in [-0.2, -0.15) is 0 Å². The summed E-state index contributed by atoms with van der Waals surface area (Å²) in [6.45, 7) is 6.14. The van der Waals surface area contributed by atoms with Crippen LogP contribution in [0.5, 0.6) is 0 Å². The zero-order valence-corrected chi connectivity index (χ0v) is 14.5. The summed E-state index contributed by atoms with van der Waals surface area (Å²) in [5.41, 5.74) is 2.03. The monoisotopic (exact) mass is 358 g/mol. The Balaban J connectivity index is 0.000000159. The molecular weight excluding hydrogens is 336 g/mol. The average molecular weight is 358 g/mol. The van der Waals surface area contributed by atoms with Crippen LogP contribution in [-0.4, -0.2) is 77.2 Å². The van der Waals surface area contributed by atoms with E-state index in [-0.39, 0.29) is 0 Å². The molecule has 0 saturated carbocycles. The van der Waals surface area contributed by atoms with E-state index in [0.29, 0.717) is 13.2 Å². The SMILES string of the molecule is C1=NCCO1.C1=NCCO1.c1cc(C2=NCCO2)ccc1C1=NCCO1. The van der Waals surface area contributed by atoms with Crippen LogP contribution in [0.15, 0.2) is 44.2 Å². The summed E-state index contributed by atoms with van der Waals surface area (Å²) in [5.74, 6) is 1.47. The second kappa shape index (κ2) is 10.2. The maximum absolute atomic E-state index is 5.39. The van der Waals surface area contributed by atoms with Crippen molar-refractivity contribution < 1.29 is 18.9 Å². The van der Waals surface area contributed by atoms with E-state index in [2.05, 4.69) is 29.4 Å². The van der Waals surface area contributed by atoms with Gasteiger partial charge in [0.2, 0.25) is 11.8 Å². The summed E-state index contributed by atoms with van der Waals surface area (Å²) < 4.78 is 20.1. The zero-order valence-electron chi connectivity index (χ0n) is 14.5. The predicted octanol–water partition coefficient (Wildman–Crippen LogP) is 1.33. The maximum Gasteiger partial charge on any atom is 0.216 e. The van der Waals surface area contributed by atoms with Gasteiger partial charge in [0, 0.05) is 11.1 Å². The standard InChI is InChI=1S/C12H12N2O2.2C3H5NO/c1-2-10(12-14-6-8-16-12)4-3-9(1)11-13-5-7-15-11;2*1-2-5-3-4-1/h1-4H,5-8H2;2*3H,1-2H2. The molecule has 0 amide bonds. The first kappa shape index (κ1) is 17.9. The minimum absolute atomic E-state index is 0.687. The average Bonchev–Trinajstić information content (AvgIpc) is 3.50. The number of rotatable bonds is 2. The van der Waals surface area contributed by atoms with E-state index < -0.39 is 0 Å². The second-order valence-electron chi connectivity index (χ2n) is 5.41. The number of benzene rings is 1. The molecule has 1 aromatic rings. The van der Waals surface area contributed by atoms with Crippen molar-refractivity contribution in [3.8, 4) is 0 Å². The van der Waals surface area contributed by atoms with Gasteiger partial charge >= 0.3 is 0 Å². The van der Waals surface area contributed by atoms with E-state index in [1.54, 1.807) is 0 Å². The van der Waals surface area contributed by atoms with E-state index in [1.165, 1.54) is 12.8 Å². The lowest BCUT2D eigenvalue weighted by Gasteiger charge is -2.04. The first-order valence-electron chi connectivity index (χ1n) is 8.58. The Morgan fingerprint density at radius 3 is 1.27 bits per heavy atom. The van der Waals surface area contributed by atoms with Gasteiger partial charge in [0.1, 0.15) is 26.4 Å². The van der Waals surface area contributed by atoms with Crippen molar-refractivity contribution in [3.63, 3.8) is 0 Å². The van der Waals surface area contributed by atoms with Gasteiger partial charge in [-0.1, -0.05) is 0 Å². The molecule has 138 valence electrons. The Morgan fingerprint density at radius 1 is 0.577 bits per heavy atom. The first-order valence-corrected chi connectivity index (χ1v) is 8.58.